The van der Waals surface area contributed by atoms with Crippen LogP contribution in [0, 0.1) is 0 Å². The van der Waals surface area contributed by atoms with Gasteiger partial charge in [-0.2, -0.15) is 0 Å². The van der Waals surface area contributed by atoms with Gasteiger partial charge in [-0.3, -0.25) is 9.69 Å². The molecule has 1 N–H and O–H groups in total. The molecule has 3 amide bonds. The maximum Gasteiger partial charge on any atom is 0.320 e. The summed E-state index contributed by atoms with van der Waals surface area (Å²) in [7, 11) is 0. The van der Waals surface area contributed by atoms with Gasteiger partial charge in [0.2, 0.25) is 5.91 Å². The van der Waals surface area contributed by atoms with Crippen LogP contribution in [-0.2, 0) is 4.79 Å². The third-order valence-corrected chi connectivity index (χ3v) is 5.18. The van der Waals surface area contributed by atoms with Gasteiger partial charge in [-0.05, 0) is 38.3 Å². The van der Waals surface area contributed by atoms with Crippen LogP contribution in [0.1, 0.15) is 26.2 Å². The standard InChI is InChI=1S/C19H28N4O2/c1-16(18(24)20-17-8-4-2-5-9-17)21-12-14-23(15-13-21)19(25)22-10-6-3-7-11-22/h2,4-5,8-9,16H,3,6-7,10-15H2,1H3,(H,20,24)/t16-/m1/s1. The Bertz CT molecular complexity index is 578. The van der Waals surface area contributed by atoms with Gasteiger partial charge in [0.15, 0.2) is 0 Å². The molecule has 3 rings (SSSR count). The van der Waals surface area contributed by atoms with Crippen molar-refractivity contribution >= 4 is 17.6 Å². The van der Waals surface area contributed by atoms with Crippen molar-refractivity contribution in [1.29, 1.82) is 0 Å². The minimum Gasteiger partial charge on any atom is -0.325 e. The predicted molar refractivity (Wildman–Crippen MR) is 98.5 cm³/mol. The second-order valence-corrected chi connectivity index (χ2v) is 6.88. The van der Waals surface area contributed by atoms with E-state index in [-0.39, 0.29) is 18.0 Å². The average Bonchev–Trinajstić information content (AvgIpc) is 2.68. The fourth-order valence-corrected chi connectivity index (χ4v) is 3.52. The average molecular weight is 344 g/mol. The molecule has 0 bridgehead atoms. The van der Waals surface area contributed by atoms with Gasteiger partial charge >= 0.3 is 6.03 Å². The van der Waals surface area contributed by atoms with Gasteiger partial charge in [0.25, 0.3) is 0 Å². The van der Waals surface area contributed by atoms with Gasteiger partial charge in [0.1, 0.15) is 0 Å². The van der Waals surface area contributed by atoms with Crippen molar-refractivity contribution in [2.24, 2.45) is 0 Å². The molecule has 0 radical (unpaired) electrons. The summed E-state index contributed by atoms with van der Waals surface area (Å²) in [5.74, 6) is 0.00186. The first-order valence-corrected chi connectivity index (χ1v) is 9.29. The first-order chi connectivity index (χ1) is 12.1. The fraction of sp³-hybridized carbons (Fsp3) is 0.579. The fourth-order valence-electron chi connectivity index (χ4n) is 3.52. The molecule has 1 aromatic carbocycles. The summed E-state index contributed by atoms with van der Waals surface area (Å²) in [5.41, 5.74) is 0.818. The number of amides is 3. The molecule has 2 aliphatic heterocycles. The Hall–Kier alpha value is -2.08. The van der Waals surface area contributed by atoms with E-state index in [1.165, 1.54) is 6.42 Å². The quantitative estimate of drug-likeness (QED) is 0.915. The molecule has 2 aliphatic rings. The van der Waals surface area contributed by atoms with E-state index in [1.54, 1.807) is 0 Å². The molecule has 2 saturated heterocycles. The molecule has 0 aliphatic carbocycles. The molecule has 6 nitrogen and oxygen atoms in total. The molecular formula is C19H28N4O2. The first kappa shape index (κ1) is 17.7. The van der Waals surface area contributed by atoms with E-state index in [4.69, 9.17) is 0 Å². The highest BCUT2D eigenvalue weighted by molar-refractivity contribution is 5.94. The number of likely N-dealkylation sites (tertiary alicyclic amines) is 1. The highest BCUT2D eigenvalue weighted by Crippen LogP contribution is 2.15. The lowest BCUT2D eigenvalue weighted by atomic mass is 10.1. The van der Waals surface area contributed by atoms with Crippen LogP contribution in [0.4, 0.5) is 10.5 Å². The maximum absolute atomic E-state index is 12.6. The molecule has 1 atom stereocenters. The lowest BCUT2D eigenvalue weighted by Crippen LogP contribution is -2.56. The van der Waals surface area contributed by atoms with Crippen molar-refractivity contribution in [3.05, 3.63) is 30.3 Å². The summed E-state index contributed by atoms with van der Waals surface area (Å²) in [6.07, 6.45) is 3.45. The van der Waals surface area contributed by atoms with Gasteiger partial charge in [-0.15, -0.1) is 0 Å². The third kappa shape index (κ3) is 4.51. The molecule has 1 aromatic rings. The van der Waals surface area contributed by atoms with Gasteiger partial charge < -0.3 is 15.1 Å². The number of piperazine rings is 1. The molecule has 2 heterocycles. The Kier molecular flexibility index (Phi) is 5.91. The smallest absolute Gasteiger partial charge is 0.320 e. The van der Waals surface area contributed by atoms with Gasteiger partial charge in [0, 0.05) is 45.0 Å². The molecule has 0 saturated carbocycles. The van der Waals surface area contributed by atoms with E-state index in [0.717, 1.165) is 44.7 Å². The van der Waals surface area contributed by atoms with Crippen molar-refractivity contribution < 1.29 is 9.59 Å². The molecule has 6 heteroatoms. The van der Waals surface area contributed by atoms with Gasteiger partial charge in [0.05, 0.1) is 6.04 Å². The molecule has 0 unspecified atom stereocenters. The number of piperidine rings is 1. The summed E-state index contributed by atoms with van der Waals surface area (Å²) >= 11 is 0. The number of hydrogen-bond donors (Lipinski definition) is 1. The number of carbonyl (C=O) groups excluding carboxylic acids is 2. The topological polar surface area (TPSA) is 55.9 Å². The summed E-state index contributed by atoms with van der Waals surface area (Å²) < 4.78 is 0. The number of para-hydroxylation sites is 1. The zero-order valence-electron chi connectivity index (χ0n) is 15.0. The molecule has 2 fully saturated rings. The number of anilines is 1. The second-order valence-electron chi connectivity index (χ2n) is 6.88. The molecule has 0 aromatic heterocycles. The monoisotopic (exact) mass is 344 g/mol. The number of urea groups is 1. The highest BCUT2D eigenvalue weighted by Gasteiger charge is 2.29. The second kappa shape index (κ2) is 8.34. The Morgan fingerprint density at radius 2 is 1.48 bits per heavy atom. The van der Waals surface area contributed by atoms with Crippen molar-refractivity contribution in [1.82, 2.24) is 14.7 Å². The third-order valence-electron chi connectivity index (χ3n) is 5.18. The Morgan fingerprint density at radius 3 is 2.12 bits per heavy atom. The summed E-state index contributed by atoms with van der Waals surface area (Å²) in [4.78, 5) is 31.1. The molecule has 25 heavy (non-hydrogen) atoms. The largest absolute Gasteiger partial charge is 0.325 e. The zero-order chi connectivity index (χ0) is 17.6. The summed E-state index contributed by atoms with van der Waals surface area (Å²) in [6, 6.07) is 9.49. The maximum atomic E-state index is 12.6. The predicted octanol–water partition coefficient (Wildman–Crippen LogP) is 2.24. The Morgan fingerprint density at radius 1 is 0.880 bits per heavy atom. The van der Waals surface area contributed by atoms with E-state index in [0.29, 0.717) is 13.1 Å². The van der Waals surface area contributed by atoms with Gasteiger partial charge in [-0.25, -0.2) is 4.79 Å². The van der Waals surface area contributed by atoms with Crippen molar-refractivity contribution in [2.75, 3.05) is 44.6 Å². The van der Waals surface area contributed by atoms with E-state index in [1.807, 2.05) is 47.1 Å². The van der Waals surface area contributed by atoms with Crippen LogP contribution in [0.5, 0.6) is 0 Å². The first-order valence-electron chi connectivity index (χ1n) is 9.29. The minimum atomic E-state index is -0.201. The summed E-state index contributed by atoms with van der Waals surface area (Å²) in [6.45, 7) is 6.56. The number of nitrogens with zero attached hydrogens (tertiary/aromatic N) is 3. The van der Waals surface area contributed by atoms with Gasteiger partial charge in [-0.1, -0.05) is 18.2 Å². The van der Waals surface area contributed by atoms with Crippen LogP contribution < -0.4 is 5.32 Å². The number of benzene rings is 1. The van der Waals surface area contributed by atoms with Crippen LogP contribution in [0.2, 0.25) is 0 Å². The van der Waals surface area contributed by atoms with Crippen LogP contribution in [0.3, 0.4) is 0 Å². The Labute approximate surface area is 149 Å². The lowest BCUT2D eigenvalue weighted by Gasteiger charge is -2.40. The lowest BCUT2D eigenvalue weighted by molar-refractivity contribution is -0.121. The van der Waals surface area contributed by atoms with Crippen LogP contribution in [0.25, 0.3) is 0 Å². The molecular weight excluding hydrogens is 316 g/mol. The van der Waals surface area contributed by atoms with E-state index in [2.05, 4.69) is 10.2 Å². The number of hydrogen-bond acceptors (Lipinski definition) is 3. The van der Waals surface area contributed by atoms with Crippen LogP contribution in [0.15, 0.2) is 30.3 Å². The van der Waals surface area contributed by atoms with E-state index < -0.39 is 0 Å². The number of rotatable bonds is 3. The number of nitrogens with one attached hydrogen (secondary N) is 1. The Balaban J connectivity index is 1.47. The van der Waals surface area contributed by atoms with E-state index in [9.17, 15) is 9.59 Å². The van der Waals surface area contributed by atoms with Crippen molar-refractivity contribution in [3.63, 3.8) is 0 Å². The highest BCUT2D eigenvalue weighted by atomic mass is 16.2. The summed E-state index contributed by atoms with van der Waals surface area (Å²) in [5, 5.41) is 2.96. The van der Waals surface area contributed by atoms with Crippen molar-refractivity contribution in [2.45, 2.75) is 32.2 Å². The van der Waals surface area contributed by atoms with Crippen LogP contribution in [-0.4, -0.2) is 71.9 Å². The van der Waals surface area contributed by atoms with Crippen molar-refractivity contribution in [3.8, 4) is 0 Å². The number of carbonyl (C=O) groups is 2. The molecule has 136 valence electrons. The zero-order valence-corrected chi connectivity index (χ0v) is 15.0. The minimum absolute atomic E-state index is 0.00186. The normalized spacial score (nSPS) is 20.2. The SMILES string of the molecule is C[C@H](C(=O)Nc1ccccc1)N1CCN(C(=O)N2CCCCC2)CC1. The van der Waals surface area contributed by atoms with E-state index >= 15 is 0 Å². The molecule has 0 spiro atoms. The van der Waals surface area contributed by atoms with Crippen LogP contribution >= 0.6 is 0 Å².